The molecule has 1 fully saturated rings. The minimum absolute atomic E-state index is 0.0237. The SMILES string of the molecule is COc1ccc(N2C(=O)[C@@H](c3cc(OC)ccc3OC)[C@H]2c2ccccc2)cc1. The van der Waals surface area contributed by atoms with Crippen molar-refractivity contribution in [2.45, 2.75) is 12.0 Å². The lowest BCUT2D eigenvalue weighted by Gasteiger charge is -2.48. The molecule has 1 aliphatic rings. The van der Waals surface area contributed by atoms with Gasteiger partial charge in [0.25, 0.3) is 0 Å². The van der Waals surface area contributed by atoms with Crippen molar-refractivity contribution in [2.75, 3.05) is 26.2 Å². The van der Waals surface area contributed by atoms with E-state index in [2.05, 4.69) is 0 Å². The lowest BCUT2D eigenvalue weighted by atomic mass is 9.77. The molecule has 0 spiro atoms. The van der Waals surface area contributed by atoms with Gasteiger partial charge in [0.15, 0.2) is 0 Å². The van der Waals surface area contributed by atoms with Crippen molar-refractivity contribution in [3.05, 3.63) is 83.9 Å². The first kappa shape index (κ1) is 18.9. The van der Waals surface area contributed by atoms with Gasteiger partial charge in [-0.05, 0) is 48.0 Å². The van der Waals surface area contributed by atoms with Crippen LogP contribution in [0.15, 0.2) is 72.8 Å². The maximum atomic E-state index is 13.4. The Morgan fingerprint density at radius 1 is 0.759 bits per heavy atom. The molecule has 0 bridgehead atoms. The maximum absolute atomic E-state index is 13.4. The van der Waals surface area contributed by atoms with E-state index in [0.717, 1.165) is 22.6 Å². The van der Waals surface area contributed by atoms with Crippen LogP contribution in [0.25, 0.3) is 0 Å². The lowest BCUT2D eigenvalue weighted by Crippen LogP contribution is -2.53. The molecule has 4 rings (SSSR count). The van der Waals surface area contributed by atoms with Gasteiger partial charge in [-0.25, -0.2) is 0 Å². The van der Waals surface area contributed by atoms with E-state index in [4.69, 9.17) is 14.2 Å². The summed E-state index contributed by atoms with van der Waals surface area (Å²) in [5, 5.41) is 0. The summed E-state index contributed by atoms with van der Waals surface area (Å²) in [6, 6.07) is 23.0. The van der Waals surface area contributed by atoms with E-state index in [9.17, 15) is 4.79 Å². The average molecular weight is 389 g/mol. The third-order valence-corrected chi connectivity index (χ3v) is 5.36. The van der Waals surface area contributed by atoms with Gasteiger partial charge in [-0.3, -0.25) is 4.79 Å². The number of β-lactam (4-membered cyclic amide) rings is 1. The highest BCUT2D eigenvalue weighted by atomic mass is 16.5. The molecule has 1 aliphatic heterocycles. The van der Waals surface area contributed by atoms with Crippen molar-refractivity contribution < 1.29 is 19.0 Å². The number of hydrogen-bond acceptors (Lipinski definition) is 4. The van der Waals surface area contributed by atoms with Crippen molar-refractivity contribution in [2.24, 2.45) is 0 Å². The van der Waals surface area contributed by atoms with Crippen LogP contribution in [0.1, 0.15) is 23.1 Å². The number of rotatable bonds is 6. The second-order valence-corrected chi connectivity index (χ2v) is 6.85. The molecule has 0 saturated carbocycles. The Balaban J connectivity index is 1.79. The first-order valence-electron chi connectivity index (χ1n) is 9.42. The molecule has 5 nitrogen and oxygen atoms in total. The molecule has 0 N–H and O–H groups in total. The molecular weight excluding hydrogens is 366 g/mol. The zero-order valence-corrected chi connectivity index (χ0v) is 16.7. The van der Waals surface area contributed by atoms with E-state index in [1.807, 2.05) is 77.7 Å². The Morgan fingerprint density at radius 3 is 2.03 bits per heavy atom. The standard InChI is InChI=1S/C24H23NO4/c1-27-18-11-9-17(10-12-18)25-23(16-7-5-4-6-8-16)22(24(25)26)20-15-19(28-2)13-14-21(20)29-3/h4-15,22-23H,1-3H3/t22-,23+/m0/s1. The monoisotopic (exact) mass is 389 g/mol. The summed E-state index contributed by atoms with van der Waals surface area (Å²) in [5.41, 5.74) is 2.73. The number of benzene rings is 3. The third-order valence-electron chi connectivity index (χ3n) is 5.36. The Labute approximate surface area is 170 Å². The van der Waals surface area contributed by atoms with Gasteiger partial charge in [-0.1, -0.05) is 30.3 Å². The van der Waals surface area contributed by atoms with Crippen LogP contribution in [0.4, 0.5) is 5.69 Å². The molecule has 0 radical (unpaired) electrons. The van der Waals surface area contributed by atoms with E-state index < -0.39 is 0 Å². The minimum atomic E-state index is -0.357. The molecule has 29 heavy (non-hydrogen) atoms. The average Bonchev–Trinajstić information content (AvgIpc) is 2.78. The fraction of sp³-hybridized carbons (Fsp3) is 0.208. The van der Waals surface area contributed by atoms with E-state index in [-0.39, 0.29) is 17.9 Å². The second kappa shape index (κ2) is 7.87. The molecule has 3 aromatic rings. The van der Waals surface area contributed by atoms with Gasteiger partial charge in [-0.2, -0.15) is 0 Å². The summed E-state index contributed by atoms with van der Waals surface area (Å²) in [4.78, 5) is 15.2. The number of carbonyl (C=O) groups is 1. The zero-order valence-electron chi connectivity index (χ0n) is 16.7. The second-order valence-electron chi connectivity index (χ2n) is 6.85. The smallest absolute Gasteiger partial charge is 0.237 e. The third kappa shape index (κ3) is 3.29. The number of anilines is 1. The summed E-state index contributed by atoms with van der Waals surface area (Å²) in [7, 11) is 4.86. The Kier molecular flexibility index (Phi) is 5.12. The molecular formula is C24H23NO4. The fourth-order valence-corrected chi connectivity index (χ4v) is 3.90. The number of hydrogen-bond donors (Lipinski definition) is 0. The van der Waals surface area contributed by atoms with Gasteiger partial charge in [0, 0.05) is 11.3 Å². The summed E-state index contributed by atoms with van der Waals surface area (Å²) < 4.78 is 16.2. The van der Waals surface area contributed by atoms with Crippen molar-refractivity contribution >= 4 is 11.6 Å². The predicted octanol–water partition coefficient (Wildman–Crippen LogP) is 4.58. The predicted molar refractivity (Wildman–Crippen MR) is 112 cm³/mol. The highest BCUT2D eigenvalue weighted by Crippen LogP contribution is 2.51. The first-order chi connectivity index (χ1) is 14.2. The van der Waals surface area contributed by atoms with E-state index in [0.29, 0.717) is 11.5 Å². The fourth-order valence-electron chi connectivity index (χ4n) is 3.90. The molecule has 3 aromatic carbocycles. The van der Waals surface area contributed by atoms with Gasteiger partial charge >= 0.3 is 0 Å². The van der Waals surface area contributed by atoms with Gasteiger partial charge < -0.3 is 19.1 Å². The van der Waals surface area contributed by atoms with Crippen LogP contribution in [-0.4, -0.2) is 27.2 Å². The van der Waals surface area contributed by atoms with Gasteiger partial charge in [-0.15, -0.1) is 0 Å². The van der Waals surface area contributed by atoms with Gasteiger partial charge in [0.05, 0.1) is 33.3 Å². The Hall–Kier alpha value is -3.47. The summed E-state index contributed by atoms with van der Waals surface area (Å²) in [6.45, 7) is 0. The number of amides is 1. The van der Waals surface area contributed by atoms with Crippen LogP contribution >= 0.6 is 0 Å². The largest absolute Gasteiger partial charge is 0.497 e. The lowest BCUT2D eigenvalue weighted by molar-refractivity contribution is -0.126. The first-order valence-corrected chi connectivity index (χ1v) is 9.42. The van der Waals surface area contributed by atoms with E-state index in [1.165, 1.54) is 0 Å². The Bertz CT molecular complexity index is 1000. The summed E-state index contributed by atoms with van der Waals surface area (Å²) in [6.07, 6.45) is 0. The number of carbonyl (C=O) groups excluding carboxylic acids is 1. The van der Waals surface area contributed by atoms with Crippen LogP contribution in [0.5, 0.6) is 17.2 Å². The highest BCUT2D eigenvalue weighted by molar-refractivity contribution is 6.07. The number of nitrogens with zero attached hydrogens (tertiary/aromatic N) is 1. The normalized spacial score (nSPS) is 18.2. The van der Waals surface area contributed by atoms with Crippen LogP contribution in [0.2, 0.25) is 0 Å². The summed E-state index contributed by atoms with van der Waals surface area (Å²) >= 11 is 0. The molecule has 1 heterocycles. The van der Waals surface area contributed by atoms with Crippen LogP contribution in [0.3, 0.4) is 0 Å². The van der Waals surface area contributed by atoms with Crippen LogP contribution in [0, 0.1) is 0 Å². The summed E-state index contributed by atoms with van der Waals surface area (Å²) in [5.74, 6) is 1.80. The zero-order chi connectivity index (χ0) is 20.4. The Morgan fingerprint density at radius 2 is 1.41 bits per heavy atom. The quantitative estimate of drug-likeness (QED) is 0.579. The van der Waals surface area contributed by atoms with Crippen molar-refractivity contribution in [3.63, 3.8) is 0 Å². The molecule has 2 atom stereocenters. The van der Waals surface area contributed by atoms with Crippen LogP contribution < -0.4 is 19.1 Å². The number of methoxy groups -OCH3 is 3. The topological polar surface area (TPSA) is 48.0 Å². The van der Waals surface area contributed by atoms with Gasteiger partial charge in [0.2, 0.25) is 5.91 Å². The van der Waals surface area contributed by atoms with Crippen molar-refractivity contribution in [3.8, 4) is 17.2 Å². The van der Waals surface area contributed by atoms with Gasteiger partial charge in [0.1, 0.15) is 17.2 Å². The van der Waals surface area contributed by atoms with E-state index >= 15 is 0 Å². The maximum Gasteiger partial charge on any atom is 0.237 e. The minimum Gasteiger partial charge on any atom is -0.497 e. The molecule has 148 valence electrons. The molecule has 0 aliphatic carbocycles. The molecule has 1 saturated heterocycles. The molecule has 1 amide bonds. The van der Waals surface area contributed by atoms with Crippen LogP contribution in [-0.2, 0) is 4.79 Å². The number of ether oxygens (including phenoxy) is 3. The van der Waals surface area contributed by atoms with Crippen molar-refractivity contribution in [1.29, 1.82) is 0 Å². The molecule has 0 unspecified atom stereocenters. The molecule has 5 heteroatoms. The molecule has 0 aromatic heterocycles. The highest BCUT2D eigenvalue weighted by Gasteiger charge is 2.50. The van der Waals surface area contributed by atoms with E-state index in [1.54, 1.807) is 21.3 Å². The van der Waals surface area contributed by atoms with Crippen molar-refractivity contribution in [1.82, 2.24) is 0 Å².